The normalized spacial score (nSPS) is 15.6. The molecule has 0 aliphatic carbocycles. The predicted molar refractivity (Wildman–Crippen MR) is 121 cm³/mol. The lowest BCUT2D eigenvalue weighted by molar-refractivity contribution is -0.134. The Kier molecular flexibility index (Phi) is 9.25. The minimum atomic E-state index is -2.93. The number of amides is 2. The number of halogens is 3. The maximum atomic E-state index is 14.5. The number of morpholine rings is 1. The van der Waals surface area contributed by atoms with Crippen molar-refractivity contribution in [3.05, 3.63) is 70.5 Å². The smallest absolute Gasteiger partial charge is 0.266 e. The average molecular weight is 489 g/mol. The molecular weight excluding hydrogens is 463 g/mol. The van der Waals surface area contributed by atoms with Crippen LogP contribution >= 0.6 is 0 Å². The number of nitrogens with zero attached hydrogens (tertiary/aromatic N) is 1. The van der Waals surface area contributed by atoms with Crippen molar-refractivity contribution in [3.63, 3.8) is 0 Å². The standard InChI is InChI=1S/C25H26F3N3O4/c1-16(23(27)28)22(25(33)30-34)29-24(32)20-9-8-19(21(26)14-20)7-6-17-2-4-18(5-3-17)15-31-10-12-35-13-11-31/h2-5,8-9,14,16,22-23,34H,10-13,15H2,1H3,(H,29,32)(H,30,33)/t16-,22+/m1/s1. The van der Waals surface area contributed by atoms with E-state index in [2.05, 4.69) is 22.1 Å². The third-order valence-corrected chi connectivity index (χ3v) is 5.64. The van der Waals surface area contributed by atoms with Gasteiger partial charge in [0.2, 0.25) is 6.43 Å². The van der Waals surface area contributed by atoms with Crippen molar-refractivity contribution >= 4 is 11.8 Å². The van der Waals surface area contributed by atoms with Gasteiger partial charge in [0.05, 0.1) is 18.8 Å². The van der Waals surface area contributed by atoms with Crippen LogP contribution in [-0.4, -0.2) is 60.7 Å². The topological polar surface area (TPSA) is 90.9 Å². The Morgan fingerprint density at radius 1 is 1.11 bits per heavy atom. The molecule has 2 aromatic carbocycles. The predicted octanol–water partition coefficient (Wildman–Crippen LogP) is 2.56. The van der Waals surface area contributed by atoms with Gasteiger partial charge in [0.15, 0.2) is 0 Å². The monoisotopic (exact) mass is 489 g/mol. The fraction of sp³-hybridized carbons (Fsp3) is 0.360. The summed E-state index contributed by atoms with van der Waals surface area (Å²) in [6, 6.07) is 9.38. The first-order valence-corrected chi connectivity index (χ1v) is 11.0. The van der Waals surface area contributed by atoms with E-state index in [1.807, 2.05) is 24.3 Å². The molecule has 1 aliphatic heterocycles. The highest BCUT2D eigenvalue weighted by atomic mass is 19.3. The van der Waals surface area contributed by atoms with Crippen LogP contribution in [0.5, 0.6) is 0 Å². The van der Waals surface area contributed by atoms with Gasteiger partial charge in [-0.05, 0) is 35.9 Å². The van der Waals surface area contributed by atoms with Gasteiger partial charge in [-0.15, -0.1) is 0 Å². The van der Waals surface area contributed by atoms with Crippen LogP contribution in [0.25, 0.3) is 0 Å². The number of alkyl halides is 2. The second-order valence-corrected chi connectivity index (χ2v) is 8.15. The van der Waals surface area contributed by atoms with E-state index in [4.69, 9.17) is 9.94 Å². The molecule has 0 unspecified atom stereocenters. The zero-order valence-electron chi connectivity index (χ0n) is 19.1. The highest BCUT2D eigenvalue weighted by Crippen LogP contribution is 2.16. The van der Waals surface area contributed by atoms with Gasteiger partial charge in [-0.1, -0.05) is 30.9 Å². The molecule has 3 N–H and O–H groups in total. The number of hydrogen-bond donors (Lipinski definition) is 3. The maximum Gasteiger partial charge on any atom is 0.266 e. The van der Waals surface area contributed by atoms with E-state index in [0.717, 1.165) is 51.4 Å². The molecule has 2 amide bonds. The minimum Gasteiger partial charge on any atom is -0.379 e. The van der Waals surface area contributed by atoms with Crippen molar-refractivity contribution < 1.29 is 32.7 Å². The summed E-state index contributed by atoms with van der Waals surface area (Å²) in [5.74, 6) is 1.08. The highest BCUT2D eigenvalue weighted by Gasteiger charge is 2.33. The lowest BCUT2D eigenvalue weighted by Gasteiger charge is -2.26. The van der Waals surface area contributed by atoms with Crippen molar-refractivity contribution in [2.24, 2.45) is 5.92 Å². The molecule has 1 aliphatic rings. The Hall–Kier alpha value is -3.39. The fourth-order valence-corrected chi connectivity index (χ4v) is 3.48. The van der Waals surface area contributed by atoms with E-state index in [9.17, 15) is 22.8 Å². The van der Waals surface area contributed by atoms with E-state index in [1.54, 1.807) is 0 Å². The van der Waals surface area contributed by atoms with Crippen molar-refractivity contribution in [2.75, 3.05) is 26.3 Å². The molecule has 186 valence electrons. The number of carbonyl (C=O) groups is 2. The quantitative estimate of drug-likeness (QED) is 0.316. The molecule has 2 atom stereocenters. The molecule has 0 aromatic heterocycles. The molecule has 1 fully saturated rings. The minimum absolute atomic E-state index is 0.0459. The van der Waals surface area contributed by atoms with Crippen molar-refractivity contribution in [1.82, 2.24) is 15.7 Å². The Labute approximate surface area is 201 Å². The summed E-state index contributed by atoms with van der Waals surface area (Å²) < 4.78 is 45.9. The van der Waals surface area contributed by atoms with Gasteiger partial charge in [-0.3, -0.25) is 19.7 Å². The van der Waals surface area contributed by atoms with Gasteiger partial charge in [-0.2, -0.15) is 0 Å². The van der Waals surface area contributed by atoms with Gasteiger partial charge in [0.25, 0.3) is 11.8 Å². The summed E-state index contributed by atoms with van der Waals surface area (Å²) in [6.45, 7) is 5.07. The summed E-state index contributed by atoms with van der Waals surface area (Å²) in [7, 11) is 0. The largest absolute Gasteiger partial charge is 0.379 e. The van der Waals surface area contributed by atoms with E-state index < -0.39 is 36.0 Å². The van der Waals surface area contributed by atoms with Crippen LogP contribution in [0.15, 0.2) is 42.5 Å². The molecule has 1 saturated heterocycles. The Morgan fingerprint density at radius 2 is 1.80 bits per heavy atom. The van der Waals surface area contributed by atoms with E-state index >= 15 is 0 Å². The third-order valence-electron chi connectivity index (χ3n) is 5.64. The molecule has 0 bridgehead atoms. The number of nitrogens with one attached hydrogen (secondary N) is 2. The molecule has 0 spiro atoms. The van der Waals surface area contributed by atoms with Crippen LogP contribution in [0.3, 0.4) is 0 Å². The molecule has 0 radical (unpaired) electrons. The molecule has 1 heterocycles. The molecule has 0 saturated carbocycles. The number of benzene rings is 2. The number of carbonyl (C=O) groups excluding carboxylic acids is 2. The summed E-state index contributed by atoms with van der Waals surface area (Å²) in [5.41, 5.74) is 2.93. The lowest BCUT2D eigenvalue weighted by atomic mass is 10.0. The summed E-state index contributed by atoms with van der Waals surface area (Å²) >= 11 is 0. The Bertz CT molecular complexity index is 1090. The van der Waals surface area contributed by atoms with E-state index in [-0.39, 0.29) is 11.1 Å². The summed E-state index contributed by atoms with van der Waals surface area (Å²) in [5, 5.41) is 10.9. The molecule has 3 rings (SSSR count). The van der Waals surface area contributed by atoms with E-state index in [0.29, 0.717) is 5.56 Å². The average Bonchev–Trinajstić information content (AvgIpc) is 2.87. The van der Waals surface area contributed by atoms with Crippen LogP contribution < -0.4 is 10.8 Å². The van der Waals surface area contributed by atoms with E-state index in [1.165, 1.54) is 17.6 Å². The van der Waals surface area contributed by atoms with Gasteiger partial charge >= 0.3 is 0 Å². The summed E-state index contributed by atoms with van der Waals surface area (Å²) in [6.07, 6.45) is -2.93. The van der Waals surface area contributed by atoms with Crippen molar-refractivity contribution in [1.29, 1.82) is 0 Å². The number of hydroxylamine groups is 1. The zero-order valence-corrected chi connectivity index (χ0v) is 19.1. The molecular formula is C25H26F3N3O4. The Morgan fingerprint density at radius 3 is 2.40 bits per heavy atom. The third kappa shape index (κ3) is 7.29. The van der Waals surface area contributed by atoms with Crippen LogP contribution in [-0.2, 0) is 16.1 Å². The first-order chi connectivity index (χ1) is 16.8. The highest BCUT2D eigenvalue weighted by molar-refractivity contribution is 5.97. The Balaban J connectivity index is 1.66. The lowest BCUT2D eigenvalue weighted by Crippen LogP contribution is -2.51. The first-order valence-electron chi connectivity index (χ1n) is 11.0. The van der Waals surface area contributed by atoms with Crippen LogP contribution in [0, 0.1) is 23.6 Å². The van der Waals surface area contributed by atoms with Crippen LogP contribution in [0.2, 0.25) is 0 Å². The SMILES string of the molecule is C[C@@H](C(F)F)[C@H](NC(=O)c1ccc(C#Cc2ccc(CN3CCOCC3)cc2)c(F)c1)C(=O)NO. The second kappa shape index (κ2) is 12.4. The van der Waals surface area contributed by atoms with Crippen molar-refractivity contribution in [3.8, 4) is 11.8 Å². The maximum absolute atomic E-state index is 14.5. The second-order valence-electron chi connectivity index (χ2n) is 8.15. The van der Waals surface area contributed by atoms with Crippen molar-refractivity contribution in [2.45, 2.75) is 25.9 Å². The zero-order chi connectivity index (χ0) is 25.4. The molecule has 10 heteroatoms. The first kappa shape index (κ1) is 26.2. The van der Waals surface area contributed by atoms with Crippen LogP contribution in [0.4, 0.5) is 13.2 Å². The molecule has 35 heavy (non-hydrogen) atoms. The van der Waals surface area contributed by atoms with Gasteiger partial charge in [0, 0.05) is 36.7 Å². The van der Waals surface area contributed by atoms with Gasteiger partial charge < -0.3 is 10.1 Å². The molecule has 2 aromatic rings. The molecule has 7 nitrogen and oxygen atoms in total. The number of rotatable bonds is 7. The fourth-order valence-electron chi connectivity index (χ4n) is 3.48. The van der Waals surface area contributed by atoms with Crippen LogP contribution in [0.1, 0.15) is 34.0 Å². The number of hydrogen-bond acceptors (Lipinski definition) is 5. The summed E-state index contributed by atoms with van der Waals surface area (Å²) in [4.78, 5) is 26.4. The number of ether oxygens (including phenoxy) is 1. The van der Waals surface area contributed by atoms with Gasteiger partial charge in [0.1, 0.15) is 11.9 Å². The van der Waals surface area contributed by atoms with Gasteiger partial charge in [-0.25, -0.2) is 18.7 Å².